The van der Waals surface area contributed by atoms with Crippen molar-refractivity contribution in [3.63, 3.8) is 0 Å². The summed E-state index contributed by atoms with van der Waals surface area (Å²) < 4.78 is 4.67. The number of carbonyl (C=O) groups is 1. The number of rotatable bonds is 6. The standard InChI is InChI=1S/C18H25NO2/c1-21-18(20)9-5-8-17-11-14-19(15-12-17)13-10-16-6-3-2-4-7-16/h2-4,6-7,10,13,17H,5,8-9,11-12,14-15H2,1H3. The van der Waals surface area contributed by atoms with Crippen LogP contribution in [0.15, 0.2) is 36.5 Å². The van der Waals surface area contributed by atoms with Crippen molar-refractivity contribution in [2.45, 2.75) is 32.1 Å². The van der Waals surface area contributed by atoms with Crippen LogP contribution in [0.5, 0.6) is 0 Å². The van der Waals surface area contributed by atoms with Crippen LogP contribution in [-0.4, -0.2) is 31.1 Å². The molecule has 21 heavy (non-hydrogen) atoms. The number of hydrogen-bond donors (Lipinski definition) is 0. The zero-order chi connectivity index (χ0) is 14.9. The van der Waals surface area contributed by atoms with Gasteiger partial charge in [-0.25, -0.2) is 0 Å². The first kappa shape index (κ1) is 15.6. The monoisotopic (exact) mass is 287 g/mol. The van der Waals surface area contributed by atoms with Crippen LogP contribution in [0.25, 0.3) is 6.08 Å². The lowest BCUT2D eigenvalue weighted by molar-refractivity contribution is -0.140. The Labute approximate surface area is 127 Å². The summed E-state index contributed by atoms with van der Waals surface area (Å²) in [5.41, 5.74) is 1.25. The van der Waals surface area contributed by atoms with E-state index < -0.39 is 0 Å². The maximum Gasteiger partial charge on any atom is 0.305 e. The van der Waals surface area contributed by atoms with E-state index in [9.17, 15) is 4.79 Å². The molecule has 1 aliphatic rings. The second-order valence-corrected chi connectivity index (χ2v) is 5.67. The van der Waals surface area contributed by atoms with E-state index in [0.29, 0.717) is 6.42 Å². The van der Waals surface area contributed by atoms with Gasteiger partial charge in [0.15, 0.2) is 0 Å². The molecule has 0 aliphatic carbocycles. The molecule has 0 amide bonds. The second-order valence-electron chi connectivity index (χ2n) is 5.67. The summed E-state index contributed by atoms with van der Waals surface area (Å²) in [5.74, 6) is 0.675. The summed E-state index contributed by atoms with van der Waals surface area (Å²) in [4.78, 5) is 13.5. The van der Waals surface area contributed by atoms with E-state index in [4.69, 9.17) is 0 Å². The minimum atomic E-state index is -0.0850. The molecule has 2 rings (SSSR count). The van der Waals surface area contributed by atoms with Crippen molar-refractivity contribution in [1.82, 2.24) is 4.90 Å². The summed E-state index contributed by atoms with van der Waals surface area (Å²) >= 11 is 0. The fourth-order valence-electron chi connectivity index (χ4n) is 2.78. The van der Waals surface area contributed by atoms with Crippen LogP contribution in [0, 0.1) is 5.92 Å². The number of likely N-dealkylation sites (tertiary alicyclic amines) is 1. The fraction of sp³-hybridized carbons (Fsp3) is 0.500. The molecule has 0 atom stereocenters. The molecule has 0 bridgehead atoms. The van der Waals surface area contributed by atoms with E-state index in [2.05, 4.69) is 46.2 Å². The van der Waals surface area contributed by atoms with E-state index in [0.717, 1.165) is 31.8 Å². The van der Waals surface area contributed by atoms with Crippen molar-refractivity contribution in [1.29, 1.82) is 0 Å². The molecule has 0 unspecified atom stereocenters. The normalized spacial score (nSPS) is 16.3. The number of esters is 1. The second kappa shape index (κ2) is 8.50. The lowest BCUT2D eigenvalue weighted by Crippen LogP contribution is -2.29. The Hall–Kier alpha value is -1.77. The van der Waals surface area contributed by atoms with Crippen molar-refractivity contribution >= 4 is 12.0 Å². The molecule has 0 radical (unpaired) electrons. The molecule has 3 heteroatoms. The van der Waals surface area contributed by atoms with Crippen LogP contribution in [0.1, 0.15) is 37.7 Å². The Morgan fingerprint density at radius 3 is 2.67 bits per heavy atom. The number of ether oxygens (including phenoxy) is 1. The largest absolute Gasteiger partial charge is 0.469 e. The highest BCUT2D eigenvalue weighted by Gasteiger charge is 2.17. The molecule has 3 nitrogen and oxygen atoms in total. The first-order valence-electron chi connectivity index (χ1n) is 7.82. The van der Waals surface area contributed by atoms with Gasteiger partial charge in [0.05, 0.1) is 7.11 Å². The van der Waals surface area contributed by atoms with Gasteiger partial charge in [-0.2, -0.15) is 0 Å². The summed E-state index contributed by atoms with van der Waals surface area (Å²) in [5, 5.41) is 0. The van der Waals surface area contributed by atoms with Crippen LogP contribution in [0.3, 0.4) is 0 Å². The number of methoxy groups -OCH3 is 1. The quantitative estimate of drug-likeness (QED) is 0.747. The number of carbonyl (C=O) groups excluding carboxylic acids is 1. The van der Waals surface area contributed by atoms with E-state index in [1.807, 2.05) is 6.07 Å². The van der Waals surface area contributed by atoms with E-state index >= 15 is 0 Å². The van der Waals surface area contributed by atoms with Gasteiger partial charge in [0.25, 0.3) is 0 Å². The van der Waals surface area contributed by atoms with Crippen molar-refractivity contribution in [3.8, 4) is 0 Å². The molecular formula is C18H25NO2. The van der Waals surface area contributed by atoms with Crippen LogP contribution in [0.2, 0.25) is 0 Å². The third kappa shape index (κ3) is 5.62. The first-order chi connectivity index (χ1) is 10.3. The van der Waals surface area contributed by atoms with E-state index in [1.165, 1.54) is 25.5 Å². The predicted molar refractivity (Wildman–Crippen MR) is 85.6 cm³/mol. The molecule has 1 aromatic carbocycles. The zero-order valence-electron chi connectivity index (χ0n) is 12.8. The van der Waals surface area contributed by atoms with Gasteiger partial charge in [-0.3, -0.25) is 4.79 Å². The van der Waals surface area contributed by atoms with Gasteiger partial charge in [-0.15, -0.1) is 0 Å². The van der Waals surface area contributed by atoms with Gasteiger partial charge in [0.2, 0.25) is 0 Å². The Bertz CT molecular complexity index is 448. The Morgan fingerprint density at radius 2 is 2.00 bits per heavy atom. The van der Waals surface area contributed by atoms with E-state index in [-0.39, 0.29) is 5.97 Å². The highest BCUT2D eigenvalue weighted by Crippen LogP contribution is 2.23. The minimum absolute atomic E-state index is 0.0850. The molecule has 1 saturated heterocycles. The SMILES string of the molecule is COC(=O)CCCC1CCN(C=Cc2ccccc2)CC1. The predicted octanol–water partition coefficient (Wildman–Crippen LogP) is 3.71. The summed E-state index contributed by atoms with van der Waals surface area (Å²) in [6.45, 7) is 2.23. The molecule has 0 saturated carbocycles. The number of hydrogen-bond acceptors (Lipinski definition) is 3. The smallest absolute Gasteiger partial charge is 0.305 e. The highest BCUT2D eigenvalue weighted by atomic mass is 16.5. The molecule has 1 heterocycles. The molecule has 0 spiro atoms. The minimum Gasteiger partial charge on any atom is -0.469 e. The van der Waals surface area contributed by atoms with Gasteiger partial charge >= 0.3 is 5.97 Å². The zero-order valence-corrected chi connectivity index (χ0v) is 12.8. The molecule has 1 aliphatic heterocycles. The lowest BCUT2D eigenvalue weighted by atomic mass is 9.92. The molecule has 0 N–H and O–H groups in total. The topological polar surface area (TPSA) is 29.5 Å². The van der Waals surface area contributed by atoms with Crippen molar-refractivity contribution in [3.05, 3.63) is 42.1 Å². The summed E-state index contributed by atoms with van der Waals surface area (Å²) in [7, 11) is 1.46. The maximum atomic E-state index is 11.1. The average Bonchev–Trinajstić information content (AvgIpc) is 2.55. The Balaban J connectivity index is 1.66. The van der Waals surface area contributed by atoms with Gasteiger partial charge in [-0.1, -0.05) is 30.3 Å². The van der Waals surface area contributed by atoms with Crippen LogP contribution >= 0.6 is 0 Å². The molecule has 114 valence electrons. The number of piperidine rings is 1. The highest BCUT2D eigenvalue weighted by molar-refractivity contribution is 5.68. The summed E-state index contributed by atoms with van der Waals surface area (Å²) in [6.07, 6.45) is 9.49. The average molecular weight is 287 g/mol. The van der Waals surface area contributed by atoms with Crippen LogP contribution < -0.4 is 0 Å². The van der Waals surface area contributed by atoms with Gasteiger partial charge in [0.1, 0.15) is 0 Å². The number of nitrogens with zero attached hydrogens (tertiary/aromatic N) is 1. The van der Waals surface area contributed by atoms with E-state index in [1.54, 1.807) is 0 Å². The van der Waals surface area contributed by atoms with Crippen molar-refractivity contribution in [2.24, 2.45) is 5.92 Å². The van der Waals surface area contributed by atoms with Crippen LogP contribution in [0.4, 0.5) is 0 Å². The van der Waals surface area contributed by atoms with Gasteiger partial charge in [-0.05, 0) is 49.4 Å². The Kier molecular flexibility index (Phi) is 6.32. The first-order valence-corrected chi connectivity index (χ1v) is 7.82. The fourth-order valence-corrected chi connectivity index (χ4v) is 2.78. The van der Waals surface area contributed by atoms with Gasteiger partial charge < -0.3 is 9.64 Å². The van der Waals surface area contributed by atoms with Gasteiger partial charge in [0, 0.05) is 19.5 Å². The lowest BCUT2D eigenvalue weighted by Gasteiger charge is -2.31. The molecule has 1 fully saturated rings. The van der Waals surface area contributed by atoms with Crippen molar-refractivity contribution in [2.75, 3.05) is 20.2 Å². The molecular weight excluding hydrogens is 262 g/mol. The van der Waals surface area contributed by atoms with Crippen molar-refractivity contribution < 1.29 is 9.53 Å². The maximum absolute atomic E-state index is 11.1. The third-order valence-corrected chi connectivity index (χ3v) is 4.15. The third-order valence-electron chi connectivity index (χ3n) is 4.15. The molecule has 1 aromatic rings. The summed E-state index contributed by atoms with van der Waals surface area (Å²) in [6, 6.07) is 10.4. The van der Waals surface area contributed by atoms with Crippen LogP contribution in [-0.2, 0) is 9.53 Å². The number of benzene rings is 1. The molecule has 0 aromatic heterocycles. The Morgan fingerprint density at radius 1 is 1.29 bits per heavy atom.